The van der Waals surface area contributed by atoms with Crippen molar-refractivity contribution in [3.05, 3.63) is 60.1 Å². The van der Waals surface area contributed by atoms with Crippen LogP contribution in [0.1, 0.15) is 54.1 Å². The second-order valence-corrected chi connectivity index (χ2v) is 7.92. The lowest BCUT2D eigenvalue weighted by atomic mass is 9.98. The van der Waals surface area contributed by atoms with Crippen molar-refractivity contribution in [3.8, 4) is 0 Å². The maximum Gasteiger partial charge on any atom is 0.254 e. The van der Waals surface area contributed by atoms with Crippen molar-refractivity contribution in [2.45, 2.75) is 44.2 Å². The van der Waals surface area contributed by atoms with Gasteiger partial charge in [0.1, 0.15) is 6.26 Å². The normalized spacial score (nSPS) is 24.8. The van der Waals surface area contributed by atoms with Gasteiger partial charge >= 0.3 is 0 Å². The summed E-state index contributed by atoms with van der Waals surface area (Å²) in [7, 11) is 0. The summed E-state index contributed by atoms with van der Waals surface area (Å²) < 4.78 is 10.8. The van der Waals surface area contributed by atoms with Gasteiger partial charge in [-0.2, -0.15) is 0 Å². The summed E-state index contributed by atoms with van der Waals surface area (Å²) >= 11 is 0. The summed E-state index contributed by atoms with van der Waals surface area (Å²) in [5, 5.41) is 2.86. The Kier molecular flexibility index (Phi) is 6.30. The van der Waals surface area contributed by atoms with E-state index in [1.807, 2.05) is 18.2 Å². The van der Waals surface area contributed by atoms with Crippen LogP contribution in [-0.2, 0) is 9.53 Å². The van der Waals surface area contributed by atoms with E-state index in [0.29, 0.717) is 25.1 Å². The summed E-state index contributed by atoms with van der Waals surface area (Å²) in [6, 6.07) is 12.1. The van der Waals surface area contributed by atoms with Crippen molar-refractivity contribution >= 4 is 11.8 Å². The second-order valence-electron chi connectivity index (χ2n) is 7.92. The van der Waals surface area contributed by atoms with Gasteiger partial charge in [-0.25, -0.2) is 0 Å². The highest BCUT2D eigenvalue weighted by molar-refractivity contribution is 5.93. The highest BCUT2D eigenvalue weighted by Crippen LogP contribution is 2.33. The molecule has 154 valence electrons. The third kappa shape index (κ3) is 4.70. The fourth-order valence-corrected chi connectivity index (χ4v) is 4.35. The van der Waals surface area contributed by atoms with Gasteiger partial charge in [0.25, 0.3) is 5.91 Å². The Morgan fingerprint density at radius 1 is 1.10 bits per heavy atom. The molecule has 0 bridgehead atoms. The molecule has 2 aliphatic heterocycles. The molecule has 0 radical (unpaired) electrons. The lowest BCUT2D eigenvalue weighted by Gasteiger charge is -2.32. The van der Waals surface area contributed by atoms with E-state index in [4.69, 9.17) is 9.15 Å². The predicted molar refractivity (Wildman–Crippen MR) is 108 cm³/mol. The zero-order chi connectivity index (χ0) is 20.1. The van der Waals surface area contributed by atoms with Gasteiger partial charge in [-0.3, -0.25) is 9.59 Å². The number of nitrogens with zero attached hydrogens (tertiary/aromatic N) is 1. The first kappa shape index (κ1) is 19.7. The molecular formula is C23H28N2O4. The Morgan fingerprint density at radius 3 is 2.76 bits per heavy atom. The highest BCUT2D eigenvalue weighted by Gasteiger charge is 2.36. The molecule has 1 aromatic carbocycles. The summed E-state index contributed by atoms with van der Waals surface area (Å²) in [6.45, 7) is 1.62. The van der Waals surface area contributed by atoms with E-state index in [9.17, 15) is 9.59 Å². The molecule has 3 atom stereocenters. The number of ether oxygens (including phenoxy) is 1. The third-order valence-corrected chi connectivity index (χ3v) is 5.92. The van der Waals surface area contributed by atoms with Gasteiger partial charge in [0.05, 0.1) is 36.5 Å². The van der Waals surface area contributed by atoms with Gasteiger partial charge < -0.3 is 19.4 Å². The molecule has 1 unspecified atom stereocenters. The number of carbonyl (C=O) groups is 2. The number of benzene rings is 1. The minimum atomic E-state index is -0.186. The number of nitrogens with one attached hydrogen (secondary N) is 1. The monoisotopic (exact) mass is 396 g/mol. The van der Waals surface area contributed by atoms with Crippen LogP contribution >= 0.6 is 0 Å². The predicted octanol–water partition coefficient (Wildman–Crippen LogP) is 3.56. The van der Waals surface area contributed by atoms with Crippen molar-refractivity contribution in [2.24, 2.45) is 5.92 Å². The molecule has 0 aliphatic carbocycles. The Balaban J connectivity index is 1.36. The number of furan rings is 1. The first-order valence-corrected chi connectivity index (χ1v) is 10.5. The van der Waals surface area contributed by atoms with Crippen molar-refractivity contribution in [1.29, 1.82) is 0 Å². The van der Waals surface area contributed by atoms with E-state index in [0.717, 1.165) is 32.2 Å². The summed E-state index contributed by atoms with van der Waals surface area (Å²) in [5.74, 6) is -0.145. The quantitative estimate of drug-likeness (QED) is 0.839. The molecule has 6 nitrogen and oxygen atoms in total. The fraction of sp³-hybridized carbons (Fsp3) is 0.478. The first-order chi connectivity index (χ1) is 14.2. The largest absolute Gasteiger partial charge is 0.472 e. The van der Waals surface area contributed by atoms with Crippen molar-refractivity contribution in [1.82, 2.24) is 10.2 Å². The lowest BCUT2D eigenvalue weighted by Crippen LogP contribution is -2.39. The van der Waals surface area contributed by atoms with Gasteiger partial charge in [-0.15, -0.1) is 0 Å². The third-order valence-electron chi connectivity index (χ3n) is 5.92. The van der Waals surface area contributed by atoms with E-state index in [2.05, 4.69) is 22.3 Å². The summed E-state index contributed by atoms with van der Waals surface area (Å²) in [4.78, 5) is 27.5. The van der Waals surface area contributed by atoms with Crippen LogP contribution in [0.25, 0.3) is 0 Å². The van der Waals surface area contributed by atoms with Crippen LogP contribution in [0.5, 0.6) is 0 Å². The molecule has 2 amide bonds. The van der Waals surface area contributed by atoms with Crippen LogP contribution in [0.15, 0.2) is 53.3 Å². The molecule has 1 N–H and O–H groups in total. The zero-order valence-corrected chi connectivity index (χ0v) is 16.6. The van der Waals surface area contributed by atoms with Gasteiger partial charge in [0.15, 0.2) is 0 Å². The number of rotatable bonds is 5. The van der Waals surface area contributed by atoms with Gasteiger partial charge in [0.2, 0.25) is 5.91 Å². The molecule has 1 aromatic heterocycles. The highest BCUT2D eigenvalue weighted by atomic mass is 16.5. The molecule has 2 fully saturated rings. The second kappa shape index (κ2) is 9.27. The molecule has 2 saturated heterocycles. The number of carbonyl (C=O) groups excluding carboxylic acids is 2. The van der Waals surface area contributed by atoms with E-state index < -0.39 is 0 Å². The van der Waals surface area contributed by atoms with Crippen LogP contribution in [-0.4, -0.2) is 42.5 Å². The molecule has 4 rings (SSSR count). The molecule has 3 heterocycles. The Hall–Kier alpha value is -2.60. The summed E-state index contributed by atoms with van der Waals surface area (Å²) in [6.07, 6.45) is 7.76. The van der Waals surface area contributed by atoms with Crippen molar-refractivity contribution < 1.29 is 18.7 Å². The first-order valence-electron chi connectivity index (χ1n) is 10.5. The minimum Gasteiger partial charge on any atom is -0.472 e. The van der Waals surface area contributed by atoms with E-state index in [1.165, 1.54) is 18.1 Å². The lowest BCUT2D eigenvalue weighted by molar-refractivity contribution is -0.138. The number of hydrogen-bond donors (Lipinski definition) is 1. The van der Waals surface area contributed by atoms with Crippen LogP contribution in [0.3, 0.4) is 0 Å². The standard InChI is InChI=1S/C23H28N2O4/c26-22(18-10-12-28-15-18)24-14-20-13-19(16-29-20)23(27)25-11-6-2-5-9-21(25)17-7-3-1-4-8-17/h1,3-4,7-8,10,12,15,19-21H,2,5-6,9,11,13-14,16H2,(H,24,26)/t19-,20-,21?/m0/s1. The molecule has 6 heteroatoms. The number of hydrogen-bond acceptors (Lipinski definition) is 4. The van der Waals surface area contributed by atoms with Gasteiger partial charge in [-0.05, 0) is 30.9 Å². The Labute approximate surface area is 171 Å². The summed E-state index contributed by atoms with van der Waals surface area (Å²) in [5.41, 5.74) is 1.71. The van der Waals surface area contributed by atoms with E-state index >= 15 is 0 Å². The van der Waals surface area contributed by atoms with Crippen LogP contribution < -0.4 is 5.32 Å². The van der Waals surface area contributed by atoms with E-state index in [1.54, 1.807) is 6.07 Å². The smallest absolute Gasteiger partial charge is 0.254 e. The average molecular weight is 396 g/mol. The minimum absolute atomic E-state index is 0.137. The molecule has 0 saturated carbocycles. The maximum absolute atomic E-state index is 13.4. The van der Waals surface area contributed by atoms with E-state index in [-0.39, 0.29) is 29.9 Å². The number of amides is 2. The molecule has 2 aromatic rings. The topological polar surface area (TPSA) is 71.8 Å². The fourth-order valence-electron chi connectivity index (χ4n) is 4.35. The van der Waals surface area contributed by atoms with Crippen LogP contribution in [0, 0.1) is 5.92 Å². The number of likely N-dealkylation sites (tertiary alicyclic amines) is 1. The average Bonchev–Trinajstić information content (AvgIpc) is 3.40. The van der Waals surface area contributed by atoms with Gasteiger partial charge in [0, 0.05) is 13.1 Å². The Morgan fingerprint density at radius 2 is 1.97 bits per heavy atom. The molecule has 2 aliphatic rings. The molecule has 29 heavy (non-hydrogen) atoms. The van der Waals surface area contributed by atoms with Gasteiger partial charge in [-0.1, -0.05) is 43.2 Å². The molecule has 0 spiro atoms. The maximum atomic E-state index is 13.4. The zero-order valence-electron chi connectivity index (χ0n) is 16.6. The van der Waals surface area contributed by atoms with Crippen LogP contribution in [0.2, 0.25) is 0 Å². The Bertz CT molecular complexity index is 806. The van der Waals surface area contributed by atoms with Crippen molar-refractivity contribution in [3.63, 3.8) is 0 Å². The SMILES string of the molecule is O=C(NC[C@@H]1C[C@H](C(=O)N2CCCCCC2c2ccccc2)CO1)c1ccoc1. The van der Waals surface area contributed by atoms with Crippen LogP contribution in [0.4, 0.5) is 0 Å². The molecular weight excluding hydrogens is 368 g/mol. The van der Waals surface area contributed by atoms with Crippen molar-refractivity contribution in [2.75, 3.05) is 19.7 Å².